The van der Waals surface area contributed by atoms with Gasteiger partial charge in [-0.05, 0) is 68.1 Å². The molecule has 2 amide bonds. The summed E-state index contributed by atoms with van der Waals surface area (Å²) in [7, 11) is 2.83. The SMILES string of the molecule is COC(=O)c1cc(CNC(=O)C23C[C@@H]4C[C@@H](CC(NC(C)=O)(C4)C2)C3)ccc1OC. The van der Waals surface area contributed by atoms with Crippen LogP contribution in [0.5, 0.6) is 5.75 Å². The van der Waals surface area contributed by atoms with E-state index in [1.54, 1.807) is 19.1 Å². The van der Waals surface area contributed by atoms with Crippen molar-refractivity contribution in [1.82, 2.24) is 10.6 Å². The van der Waals surface area contributed by atoms with Crippen molar-refractivity contribution in [3.05, 3.63) is 29.3 Å². The Labute approximate surface area is 176 Å². The Kier molecular flexibility index (Phi) is 5.24. The summed E-state index contributed by atoms with van der Waals surface area (Å²) in [6.45, 7) is 1.89. The van der Waals surface area contributed by atoms with E-state index in [0.717, 1.165) is 37.7 Å². The molecule has 5 rings (SSSR count). The van der Waals surface area contributed by atoms with Gasteiger partial charge in [-0.1, -0.05) is 6.07 Å². The van der Waals surface area contributed by atoms with E-state index in [0.29, 0.717) is 36.1 Å². The minimum atomic E-state index is -0.474. The van der Waals surface area contributed by atoms with E-state index < -0.39 is 11.4 Å². The first kappa shape index (κ1) is 20.7. The van der Waals surface area contributed by atoms with Crippen LogP contribution in [0.15, 0.2) is 18.2 Å². The molecule has 0 aromatic heterocycles. The van der Waals surface area contributed by atoms with Gasteiger partial charge in [-0.3, -0.25) is 9.59 Å². The highest BCUT2D eigenvalue weighted by Gasteiger charge is 2.60. The lowest BCUT2D eigenvalue weighted by Crippen LogP contribution is -2.65. The van der Waals surface area contributed by atoms with Gasteiger partial charge in [0.05, 0.1) is 19.6 Å². The van der Waals surface area contributed by atoms with E-state index in [9.17, 15) is 14.4 Å². The van der Waals surface area contributed by atoms with Crippen molar-refractivity contribution < 1.29 is 23.9 Å². The van der Waals surface area contributed by atoms with Gasteiger partial charge < -0.3 is 20.1 Å². The van der Waals surface area contributed by atoms with Gasteiger partial charge in [0.2, 0.25) is 11.8 Å². The quantitative estimate of drug-likeness (QED) is 0.698. The Bertz CT molecular complexity index is 866. The Hall–Kier alpha value is -2.57. The number of benzene rings is 1. The molecule has 0 spiro atoms. The van der Waals surface area contributed by atoms with Gasteiger partial charge in [0.15, 0.2) is 0 Å². The number of ether oxygens (including phenoxy) is 2. The molecule has 2 unspecified atom stereocenters. The lowest BCUT2D eigenvalue weighted by molar-refractivity contribution is -0.153. The standard InChI is InChI=1S/C23H30N2O5/c1-14(26)25-23-10-16-6-17(11-23)9-22(8-16,13-23)21(28)24-12-15-4-5-19(29-2)18(7-15)20(27)30-3/h4-5,7,16-17H,6,8-13H2,1-3H3,(H,24,28)(H,25,26)/t16-,17+,22?,23?. The van der Waals surface area contributed by atoms with E-state index in [4.69, 9.17) is 9.47 Å². The van der Waals surface area contributed by atoms with Crippen LogP contribution >= 0.6 is 0 Å². The Balaban J connectivity index is 1.49. The average Bonchev–Trinajstić information content (AvgIpc) is 2.69. The van der Waals surface area contributed by atoms with Crippen LogP contribution in [0.25, 0.3) is 0 Å². The number of esters is 1. The molecule has 162 valence electrons. The maximum Gasteiger partial charge on any atom is 0.341 e. The first-order valence-corrected chi connectivity index (χ1v) is 10.6. The van der Waals surface area contributed by atoms with E-state index in [2.05, 4.69) is 10.6 Å². The molecule has 1 aromatic carbocycles. The highest BCUT2D eigenvalue weighted by Crippen LogP contribution is 2.61. The molecule has 4 aliphatic carbocycles. The Morgan fingerprint density at radius 1 is 1.10 bits per heavy atom. The molecule has 4 fully saturated rings. The fourth-order valence-electron chi connectivity index (χ4n) is 6.55. The number of hydrogen-bond donors (Lipinski definition) is 2. The predicted octanol–water partition coefficient (Wildman–Crippen LogP) is 2.57. The van der Waals surface area contributed by atoms with Crippen LogP contribution in [-0.4, -0.2) is 37.5 Å². The first-order chi connectivity index (χ1) is 14.3. The van der Waals surface area contributed by atoms with Crippen molar-refractivity contribution in [2.75, 3.05) is 14.2 Å². The molecule has 4 bridgehead atoms. The van der Waals surface area contributed by atoms with Gasteiger partial charge in [-0.15, -0.1) is 0 Å². The highest BCUT2D eigenvalue weighted by atomic mass is 16.5. The highest BCUT2D eigenvalue weighted by molar-refractivity contribution is 5.92. The molecule has 0 saturated heterocycles. The molecule has 0 heterocycles. The third-order valence-electron chi connectivity index (χ3n) is 7.11. The van der Waals surface area contributed by atoms with Gasteiger partial charge in [-0.25, -0.2) is 4.79 Å². The zero-order valence-corrected chi connectivity index (χ0v) is 17.9. The van der Waals surface area contributed by atoms with Crippen molar-refractivity contribution in [1.29, 1.82) is 0 Å². The van der Waals surface area contributed by atoms with Gasteiger partial charge >= 0.3 is 5.97 Å². The average molecular weight is 415 g/mol. The topological polar surface area (TPSA) is 93.7 Å². The number of nitrogens with one attached hydrogen (secondary N) is 2. The third-order valence-corrected chi connectivity index (χ3v) is 7.11. The summed E-state index contributed by atoms with van der Waals surface area (Å²) in [4.78, 5) is 37.2. The van der Waals surface area contributed by atoms with Crippen molar-refractivity contribution in [2.24, 2.45) is 17.3 Å². The van der Waals surface area contributed by atoms with E-state index >= 15 is 0 Å². The molecular formula is C23H30N2O5. The van der Waals surface area contributed by atoms with Crippen LogP contribution in [-0.2, 0) is 20.9 Å². The molecule has 4 saturated carbocycles. The molecule has 4 atom stereocenters. The maximum atomic E-state index is 13.4. The fraction of sp³-hybridized carbons (Fsp3) is 0.609. The second-order valence-corrected chi connectivity index (χ2v) is 9.41. The van der Waals surface area contributed by atoms with Crippen molar-refractivity contribution in [3.8, 4) is 5.75 Å². The van der Waals surface area contributed by atoms with Crippen LogP contribution in [0.2, 0.25) is 0 Å². The number of methoxy groups -OCH3 is 2. The lowest BCUT2D eigenvalue weighted by atomic mass is 9.46. The number of amides is 2. The molecule has 7 nitrogen and oxygen atoms in total. The molecule has 7 heteroatoms. The second kappa shape index (κ2) is 7.60. The number of rotatable bonds is 6. The molecule has 0 radical (unpaired) electrons. The molecule has 2 N–H and O–H groups in total. The Morgan fingerprint density at radius 2 is 1.80 bits per heavy atom. The predicted molar refractivity (Wildman–Crippen MR) is 110 cm³/mol. The molecule has 0 aliphatic heterocycles. The maximum absolute atomic E-state index is 13.4. The summed E-state index contributed by atoms with van der Waals surface area (Å²) in [5, 5.41) is 6.30. The summed E-state index contributed by atoms with van der Waals surface area (Å²) in [6.07, 6.45) is 5.64. The zero-order valence-electron chi connectivity index (χ0n) is 17.9. The summed E-state index contributed by atoms with van der Waals surface area (Å²) in [5.41, 5.74) is 0.507. The van der Waals surface area contributed by atoms with Crippen LogP contribution < -0.4 is 15.4 Å². The molecule has 4 aliphatic rings. The third kappa shape index (κ3) is 3.66. The summed E-state index contributed by atoms with van der Waals surface area (Å²) in [6, 6.07) is 5.25. The summed E-state index contributed by atoms with van der Waals surface area (Å²) >= 11 is 0. The number of hydrogen-bond acceptors (Lipinski definition) is 5. The number of carbonyl (C=O) groups excluding carboxylic acids is 3. The minimum absolute atomic E-state index is 0.0129. The van der Waals surface area contributed by atoms with Crippen molar-refractivity contribution >= 4 is 17.8 Å². The lowest BCUT2D eigenvalue weighted by Gasteiger charge is -2.61. The van der Waals surface area contributed by atoms with Crippen LogP contribution in [0, 0.1) is 17.3 Å². The monoisotopic (exact) mass is 414 g/mol. The van der Waals surface area contributed by atoms with E-state index in [1.165, 1.54) is 14.2 Å². The Morgan fingerprint density at radius 3 is 2.40 bits per heavy atom. The van der Waals surface area contributed by atoms with Crippen molar-refractivity contribution in [3.63, 3.8) is 0 Å². The van der Waals surface area contributed by atoms with Crippen molar-refractivity contribution in [2.45, 2.75) is 57.5 Å². The molecule has 1 aromatic rings. The van der Waals surface area contributed by atoms with E-state index in [1.807, 2.05) is 6.07 Å². The first-order valence-electron chi connectivity index (χ1n) is 10.6. The summed E-state index contributed by atoms with van der Waals surface area (Å²) < 4.78 is 10.1. The van der Waals surface area contributed by atoms with Gasteiger partial charge in [0, 0.05) is 19.0 Å². The van der Waals surface area contributed by atoms with Crippen LogP contribution in [0.3, 0.4) is 0 Å². The smallest absolute Gasteiger partial charge is 0.341 e. The largest absolute Gasteiger partial charge is 0.496 e. The minimum Gasteiger partial charge on any atom is -0.496 e. The molecule has 30 heavy (non-hydrogen) atoms. The van der Waals surface area contributed by atoms with Gasteiger partial charge in [-0.2, -0.15) is 0 Å². The van der Waals surface area contributed by atoms with Gasteiger partial charge in [0.1, 0.15) is 11.3 Å². The fourth-order valence-corrected chi connectivity index (χ4v) is 6.55. The van der Waals surface area contributed by atoms with Gasteiger partial charge in [0.25, 0.3) is 0 Å². The normalized spacial score (nSPS) is 31.2. The molecular weight excluding hydrogens is 384 g/mol. The van der Waals surface area contributed by atoms with Crippen LogP contribution in [0.1, 0.15) is 61.4 Å². The second-order valence-electron chi connectivity index (χ2n) is 9.41. The van der Waals surface area contributed by atoms with E-state index in [-0.39, 0.29) is 17.4 Å². The summed E-state index contributed by atoms with van der Waals surface area (Å²) in [5.74, 6) is 1.00. The van der Waals surface area contributed by atoms with Crippen LogP contribution in [0.4, 0.5) is 0 Å². The zero-order chi connectivity index (χ0) is 21.5. The number of carbonyl (C=O) groups is 3.